The molecule has 0 bridgehead atoms. The summed E-state index contributed by atoms with van der Waals surface area (Å²) in [7, 11) is 0. The standard InChI is InChI=1S/C26H32N4O4/c1-4-26(5-2)14-21(32)30(24(27)29-26)15-17-9-8-10-18(13-17)23(33)28-22-19-11-6-7-12-20(19)34-25(22,3)16-31/h6-13,22,31H,4-5,14-16H2,1-3H3,(H2,27,29)(H,28,33). The van der Waals surface area contributed by atoms with E-state index in [0.717, 1.165) is 24.0 Å². The molecule has 180 valence electrons. The van der Waals surface area contributed by atoms with Crippen LogP contribution in [0.4, 0.5) is 0 Å². The van der Waals surface area contributed by atoms with Crippen LogP contribution in [-0.2, 0) is 11.3 Å². The smallest absolute Gasteiger partial charge is 0.251 e. The van der Waals surface area contributed by atoms with Crippen LogP contribution in [0.5, 0.6) is 5.75 Å². The van der Waals surface area contributed by atoms with Crippen molar-refractivity contribution in [3.8, 4) is 5.75 Å². The number of amides is 2. The first-order valence-corrected chi connectivity index (χ1v) is 11.7. The molecule has 0 radical (unpaired) electrons. The molecule has 1 fully saturated rings. The molecule has 0 aliphatic carbocycles. The molecule has 0 spiro atoms. The van der Waals surface area contributed by atoms with Crippen molar-refractivity contribution in [2.75, 3.05) is 6.61 Å². The second kappa shape index (κ2) is 9.10. The van der Waals surface area contributed by atoms with Crippen molar-refractivity contribution in [3.05, 3.63) is 65.2 Å². The van der Waals surface area contributed by atoms with E-state index in [1.54, 1.807) is 25.1 Å². The average molecular weight is 465 g/mol. The number of aliphatic hydroxyl groups excluding tert-OH is 1. The molecule has 2 aromatic carbocycles. The molecule has 1 saturated heterocycles. The number of carbonyl (C=O) groups excluding carboxylic acids is 2. The summed E-state index contributed by atoms with van der Waals surface area (Å²) in [6, 6.07) is 14.0. The van der Waals surface area contributed by atoms with Crippen LogP contribution in [0, 0.1) is 5.41 Å². The Bertz CT molecular complexity index is 1090. The lowest BCUT2D eigenvalue weighted by atomic mass is 9.87. The molecule has 2 aliphatic heterocycles. The zero-order chi connectivity index (χ0) is 24.5. The van der Waals surface area contributed by atoms with E-state index >= 15 is 0 Å². The molecule has 8 nitrogen and oxygen atoms in total. The maximum atomic E-state index is 13.2. The summed E-state index contributed by atoms with van der Waals surface area (Å²) in [5.41, 5.74) is 0.662. The molecular weight excluding hydrogens is 432 g/mol. The van der Waals surface area contributed by atoms with Crippen molar-refractivity contribution in [2.45, 2.75) is 63.8 Å². The number of carbonyl (C=O) groups is 2. The maximum absolute atomic E-state index is 13.2. The largest absolute Gasteiger partial charge is 0.482 e. The Balaban J connectivity index is 1.50. The van der Waals surface area contributed by atoms with Crippen molar-refractivity contribution >= 4 is 17.8 Å². The third-order valence-electron chi connectivity index (χ3n) is 7.10. The third kappa shape index (κ3) is 4.25. The monoisotopic (exact) mass is 464 g/mol. The van der Waals surface area contributed by atoms with Gasteiger partial charge in [-0.3, -0.25) is 19.9 Å². The van der Waals surface area contributed by atoms with Gasteiger partial charge in [0.15, 0.2) is 11.6 Å². The summed E-state index contributed by atoms with van der Waals surface area (Å²) in [5.74, 6) is 0.331. The molecule has 2 heterocycles. The molecule has 8 heteroatoms. The van der Waals surface area contributed by atoms with Crippen LogP contribution in [0.2, 0.25) is 0 Å². The van der Waals surface area contributed by atoms with Crippen molar-refractivity contribution in [2.24, 2.45) is 0 Å². The molecule has 2 amide bonds. The van der Waals surface area contributed by atoms with Crippen LogP contribution in [0.25, 0.3) is 0 Å². The van der Waals surface area contributed by atoms with E-state index in [4.69, 9.17) is 10.1 Å². The number of hydrogen-bond acceptors (Lipinski definition) is 5. The van der Waals surface area contributed by atoms with Gasteiger partial charge < -0.3 is 20.5 Å². The van der Waals surface area contributed by atoms with Gasteiger partial charge >= 0.3 is 0 Å². The first kappa shape index (κ1) is 23.8. The van der Waals surface area contributed by atoms with E-state index in [1.165, 1.54) is 4.90 Å². The predicted octanol–water partition coefficient (Wildman–Crippen LogP) is 3.12. The Morgan fingerprint density at radius 2 is 1.97 bits per heavy atom. The highest BCUT2D eigenvalue weighted by atomic mass is 16.5. The lowest BCUT2D eigenvalue weighted by Crippen LogP contribution is -2.61. The molecule has 0 saturated carbocycles. The van der Waals surface area contributed by atoms with E-state index < -0.39 is 11.6 Å². The van der Waals surface area contributed by atoms with Gasteiger partial charge in [-0.25, -0.2) is 0 Å². The van der Waals surface area contributed by atoms with Crippen LogP contribution in [0.15, 0.2) is 48.5 Å². The van der Waals surface area contributed by atoms with Crippen molar-refractivity contribution in [3.63, 3.8) is 0 Å². The van der Waals surface area contributed by atoms with Crippen LogP contribution >= 0.6 is 0 Å². The van der Waals surface area contributed by atoms with E-state index in [9.17, 15) is 14.7 Å². The quantitative estimate of drug-likeness (QED) is 0.503. The van der Waals surface area contributed by atoms with Crippen LogP contribution < -0.4 is 15.4 Å². The molecule has 4 rings (SSSR count). The summed E-state index contributed by atoms with van der Waals surface area (Å²) in [5, 5.41) is 24.6. The van der Waals surface area contributed by atoms with Gasteiger partial charge in [0.05, 0.1) is 25.6 Å². The highest BCUT2D eigenvalue weighted by Gasteiger charge is 2.45. The zero-order valence-corrected chi connectivity index (χ0v) is 19.9. The minimum Gasteiger partial charge on any atom is -0.482 e. The van der Waals surface area contributed by atoms with Crippen LogP contribution in [-0.4, -0.2) is 45.5 Å². The molecule has 0 aromatic heterocycles. The van der Waals surface area contributed by atoms with Gasteiger partial charge in [-0.15, -0.1) is 0 Å². The zero-order valence-electron chi connectivity index (χ0n) is 19.9. The van der Waals surface area contributed by atoms with Crippen molar-refractivity contribution < 1.29 is 19.4 Å². The number of nitrogens with zero attached hydrogens (tertiary/aromatic N) is 1. The Kier molecular flexibility index (Phi) is 6.36. The number of fused-ring (bicyclic) bond motifs is 1. The molecule has 2 aromatic rings. The Morgan fingerprint density at radius 1 is 1.24 bits per heavy atom. The van der Waals surface area contributed by atoms with Gasteiger partial charge in [0, 0.05) is 16.7 Å². The van der Waals surface area contributed by atoms with E-state index in [0.29, 0.717) is 17.7 Å². The summed E-state index contributed by atoms with van der Waals surface area (Å²) < 4.78 is 5.94. The Hall–Kier alpha value is -3.39. The third-order valence-corrected chi connectivity index (χ3v) is 7.10. The highest BCUT2D eigenvalue weighted by molar-refractivity contribution is 5.99. The van der Waals surface area contributed by atoms with Gasteiger partial charge in [-0.1, -0.05) is 44.2 Å². The van der Waals surface area contributed by atoms with Gasteiger partial charge in [0.2, 0.25) is 5.91 Å². The number of benzene rings is 2. The number of hydrogen-bond donors (Lipinski definition) is 4. The minimum absolute atomic E-state index is 0.0910. The summed E-state index contributed by atoms with van der Waals surface area (Å²) in [6.07, 6.45) is 1.87. The second-order valence-electron chi connectivity index (χ2n) is 9.34. The first-order valence-electron chi connectivity index (χ1n) is 11.7. The molecule has 4 N–H and O–H groups in total. The highest BCUT2D eigenvalue weighted by Crippen LogP contribution is 2.42. The van der Waals surface area contributed by atoms with E-state index in [-0.39, 0.29) is 36.5 Å². The summed E-state index contributed by atoms with van der Waals surface area (Å²) in [4.78, 5) is 27.4. The summed E-state index contributed by atoms with van der Waals surface area (Å²) in [6.45, 7) is 5.76. The summed E-state index contributed by atoms with van der Waals surface area (Å²) >= 11 is 0. The lowest BCUT2D eigenvalue weighted by Gasteiger charge is -2.42. The molecular formula is C26H32N4O4. The van der Waals surface area contributed by atoms with Crippen molar-refractivity contribution in [1.82, 2.24) is 15.5 Å². The average Bonchev–Trinajstić information content (AvgIpc) is 3.13. The maximum Gasteiger partial charge on any atom is 0.251 e. The second-order valence-corrected chi connectivity index (χ2v) is 9.34. The van der Waals surface area contributed by atoms with Crippen LogP contribution in [0.3, 0.4) is 0 Å². The number of rotatable bonds is 7. The van der Waals surface area contributed by atoms with Crippen LogP contribution in [0.1, 0.15) is 67.6 Å². The lowest BCUT2D eigenvalue weighted by molar-refractivity contribution is -0.131. The Morgan fingerprint density at radius 3 is 2.65 bits per heavy atom. The molecule has 2 atom stereocenters. The van der Waals surface area contributed by atoms with Crippen molar-refractivity contribution in [1.29, 1.82) is 5.41 Å². The van der Waals surface area contributed by atoms with E-state index in [1.807, 2.05) is 44.2 Å². The SMILES string of the molecule is CCC1(CC)CC(=O)N(Cc2cccc(C(=O)NC3c4ccccc4OC3(C)CO)c2)C(=N)N1. The molecule has 2 unspecified atom stereocenters. The molecule has 34 heavy (non-hydrogen) atoms. The van der Waals surface area contributed by atoms with Gasteiger partial charge in [0.1, 0.15) is 5.75 Å². The fraction of sp³-hybridized carbons (Fsp3) is 0.423. The number of ether oxygens (including phenoxy) is 1. The van der Waals surface area contributed by atoms with Gasteiger partial charge in [-0.2, -0.15) is 0 Å². The number of aliphatic hydroxyl groups is 1. The fourth-order valence-corrected chi connectivity index (χ4v) is 4.73. The number of nitrogens with one attached hydrogen (secondary N) is 3. The minimum atomic E-state index is -0.969. The van der Waals surface area contributed by atoms with E-state index in [2.05, 4.69) is 10.6 Å². The number of guanidine groups is 1. The topological polar surface area (TPSA) is 115 Å². The first-order chi connectivity index (χ1) is 16.2. The Labute approximate surface area is 199 Å². The molecule has 2 aliphatic rings. The predicted molar refractivity (Wildman–Crippen MR) is 129 cm³/mol. The number of para-hydroxylation sites is 1. The van der Waals surface area contributed by atoms with Gasteiger partial charge in [0.25, 0.3) is 5.91 Å². The normalized spacial score (nSPS) is 23.2. The van der Waals surface area contributed by atoms with Gasteiger partial charge in [-0.05, 0) is 43.5 Å². The fourth-order valence-electron chi connectivity index (χ4n) is 4.73.